The van der Waals surface area contributed by atoms with Crippen LogP contribution >= 0.6 is 23.2 Å². The largest absolute Gasteiger partial charge is 0.334 e. The van der Waals surface area contributed by atoms with Gasteiger partial charge in [-0.15, -0.1) is 0 Å². The Morgan fingerprint density at radius 2 is 1.18 bits per heavy atom. The summed E-state index contributed by atoms with van der Waals surface area (Å²) in [5.41, 5.74) is -1.05. The molecule has 1 aromatic heterocycles. The van der Waals surface area contributed by atoms with Gasteiger partial charge in [-0.25, -0.2) is 16.8 Å². The van der Waals surface area contributed by atoms with Gasteiger partial charge in [-0.1, -0.05) is 23.2 Å². The lowest BCUT2D eigenvalue weighted by atomic mass is 10.5. The quantitative estimate of drug-likeness (QED) is 0.854. The van der Waals surface area contributed by atoms with Crippen molar-refractivity contribution in [3.05, 3.63) is 20.3 Å². The van der Waals surface area contributed by atoms with Crippen LogP contribution in [0.25, 0.3) is 0 Å². The molecule has 1 rings (SSSR count). The number of hydrogen-bond acceptors (Lipinski definition) is 5. The molecule has 0 spiro atoms. The number of aromatic nitrogens is 1. The van der Waals surface area contributed by atoms with E-state index in [0.29, 0.717) is 0 Å². The Morgan fingerprint density at radius 1 is 0.882 bits per heavy atom. The Balaban J connectivity index is 3.96. The molecule has 0 radical (unpaired) electrons. The van der Waals surface area contributed by atoms with E-state index in [1.165, 1.54) is 0 Å². The van der Waals surface area contributed by atoms with Crippen LogP contribution in [0.3, 0.4) is 0 Å². The molecule has 0 atom stereocenters. The van der Waals surface area contributed by atoms with E-state index in [2.05, 4.69) is 4.98 Å². The van der Waals surface area contributed by atoms with Gasteiger partial charge in [0.1, 0.15) is 10.0 Å². The fourth-order valence-corrected chi connectivity index (χ4v) is 3.68. The second-order valence-electron chi connectivity index (χ2n) is 3.28. The molecule has 0 unspecified atom stereocenters. The Morgan fingerprint density at radius 3 is 1.41 bits per heavy atom. The van der Waals surface area contributed by atoms with E-state index in [1.54, 1.807) is 0 Å². The van der Waals surface area contributed by atoms with Crippen LogP contribution in [0, 0.1) is 0 Å². The maximum Gasteiger partial charge on any atom is 0.221 e. The Hall–Kier alpha value is -0.570. The van der Waals surface area contributed by atoms with Crippen molar-refractivity contribution in [3.63, 3.8) is 0 Å². The Labute approximate surface area is 107 Å². The summed E-state index contributed by atoms with van der Waals surface area (Å²) in [6, 6.07) is 0. The lowest BCUT2D eigenvalue weighted by molar-refractivity contribution is 0.591. The standard InChI is InChI=1S/C7H7Cl2NO5S2/c1-16(12,13)6-3(8)5(11)4(9)7(10-6)17(2,14)15/h1-2H3,(H,10,11). The number of aromatic amines is 1. The first-order valence-corrected chi connectivity index (χ1v) is 8.51. The van der Waals surface area contributed by atoms with Crippen LogP contribution in [-0.2, 0) is 19.7 Å². The molecular formula is C7H7Cl2NO5S2. The highest BCUT2D eigenvalue weighted by Gasteiger charge is 2.24. The van der Waals surface area contributed by atoms with Crippen molar-refractivity contribution >= 4 is 42.9 Å². The van der Waals surface area contributed by atoms with Crippen LogP contribution in [0.1, 0.15) is 0 Å². The number of rotatable bonds is 2. The number of sulfone groups is 2. The van der Waals surface area contributed by atoms with E-state index >= 15 is 0 Å². The summed E-state index contributed by atoms with van der Waals surface area (Å²) in [7, 11) is -7.73. The lowest BCUT2D eigenvalue weighted by Crippen LogP contribution is -2.17. The van der Waals surface area contributed by atoms with E-state index in [0.717, 1.165) is 12.5 Å². The minimum atomic E-state index is -3.87. The normalized spacial score (nSPS) is 12.7. The average molecular weight is 320 g/mol. The molecule has 10 heteroatoms. The maximum atomic E-state index is 11.5. The predicted molar refractivity (Wildman–Crippen MR) is 63.3 cm³/mol. The van der Waals surface area contributed by atoms with Gasteiger partial charge in [-0.3, -0.25) is 4.79 Å². The average Bonchev–Trinajstić information content (AvgIpc) is 2.10. The van der Waals surface area contributed by atoms with E-state index in [4.69, 9.17) is 23.2 Å². The summed E-state index contributed by atoms with van der Waals surface area (Å²) in [4.78, 5) is 13.6. The molecule has 0 aliphatic heterocycles. The van der Waals surface area contributed by atoms with Gasteiger partial charge in [-0.2, -0.15) is 0 Å². The second-order valence-corrected chi connectivity index (χ2v) is 7.95. The van der Waals surface area contributed by atoms with Gasteiger partial charge in [0.2, 0.25) is 5.43 Å². The molecule has 0 amide bonds. The van der Waals surface area contributed by atoms with E-state index in [-0.39, 0.29) is 0 Å². The van der Waals surface area contributed by atoms with Crippen LogP contribution in [-0.4, -0.2) is 34.3 Å². The summed E-state index contributed by atoms with van der Waals surface area (Å²) in [6.07, 6.45) is 1.56. The molecule has 0 aromatic carbocycles. The first kappa shape index (κ1) is 14.5. The number of nitrogens with one attached hydrogen (secondary N) is 1. The molecule has 96 valence electrons. The molecule has 1 N–H and O–H groups in total. The third-order valence-corrected chi connectivity index (χ3v) is 4.81. The van der Waals surface area contributed by atoms with Crippen molar-refractivity contribution in [2.24, 2.45) is 0 Å². The minimum absolute atomic E-state index is 0.662. The Kier molecular flexibility index (Phi) is 3.64. The summed E-state index contributed by atoms with van der Waals surface area (Å²) in [5.74, 6) is 0. The Bertz CT molecular complexity index is 673. The highest BCUT2D eigenvalue weighted by Crippen LogP contribution is 2.23. The first-order chi connectivity index (χ1) is 7.46. The van der Waals surface area contributed by atoms with Gasteiger partial charge in [0.05, 0.1) is 0 Å². The monoisotopic (exact) mass is 319 g/mol. The topological polar surface area (TPSA) is 101 Å². The summed E-state index contributed by atoms with van der Waals surface area (Å²) in [5, 5.41) is -2.67. The molecule has 6 nitrogen and oxygen atoms in total. The zero-order valence-electron chi connectivity index (χ0n) is 8.61. The molecular weight excluding hydrogens is 313 g/mol. The number of hydrogen-bond donors (Lipinski definition) is 1. The minimum Gasteiger partial charge on any atom is -0.334 e. The summed E-state index contributed by atoms with van der Waals surface area (Å²) in [6.45, 7) is 0. The molecule has 1 heterocycles. The van der Waals surface area contributed by atoms with Crippen LogP contribution < -0.4 is 5.43 Å². The summed E-state index contributed by atoms with van der Waals surface area (Å²) >= 11 is 11.0. The van der Waals surface area contributed by atoms with Crippen molar-refractivity contribution in [1.29, 1.82) is 0 Å². The molecule has 0 aliphatic carbocycles. The molecule has 0 saturated carbocycles. The zero-order valence-corrected chi connectivity index (χ0v) is 11.8. The zero-order chi connectivity index (χ0) is 13.6. The lowest BCUT2D eigenvalue weighted by Gasteiger charge is -2.07. The van der Waals surface area contributed by atoms with Crippen LogP contribution in [0.15, 0.2) is 14.8 Å². The van der Waals surface area contributed by atoms with Crippen LogP contribution in [0.5, 0.6) is 0 Å². The SMILES string of the molecule is CS(=O)(=O)c1[nH]c(S(C)(=O)=O)c(Cl)c(=O)c1Cl. The summed E-state index contributed by atoms with van der Waals surface area (Å²) < 4.78 is 45.2. The highest BCUT2D eigenvalue weighted by molar-refractivity contribution is 7.91. The van der Waals surface area contributed by atoms with Crippen molar-refractivity contribution in [2.75, 3.05) is 12.5 Å². The van der Waals surface area contributed by atoms with E-state index in [9.17, 15) is 21.6 Å². The van der Waals surface area contributed by atoms with Crippen molar-refractivity contribution in [1.82, 2.24) is 4.98 Å². The van der Waals surface area contributed by atoms with Gasteiger partial charge in [0.25, 0.3) is 0 Å². The highest BCUT2D eigenvalue weighted by atomic mass is 35.5. The number of halogens is 2. The second kappa shape index (κ2) is 4.27. The molecule has 17 heavy (non-hydrogen) atoms. The number of H-pyrrole nitrogens is 1. The van der Waals surface area contributed by atoms with Gasteiger partial charge in [0.15, 0.2) is 29.7 Å². The molecule has 0 saturated heterocycles. The van der Waals surface area contributed by atoms with E-state index in [1.807, 2.05) is 0 Å². The van der Waals surface area contributed by atoms with Crippen LogP contribution in [0.4, 0.5) is 0 Å². The van der Waals surface area contributed by atoms with Crippen molar-refractivity contribution in [2.45, 2.75) is 10.1 Å². The fraction of sp³-hybridized carbons (Fsp3) is 0.286. The third-order valence-electron chi connectivity index (χ3n) is 1.77. The molecule has 0 bridgehead atoms. The molecule has 0 fully saturated rings. The van der Waals surface area contributed by atoms with Crippen molar-refractivity contribution in [3.8, 4) is 0 Å². The maximum absolute atomic E-state index is 11.5. The van der Waals surface area contributed by atoms with Gasteiger partial charge >= 0.3 is 0 Å². The van der Waals surface area contributed by atoms with Gasteiger partial charge < -0.3 is 4.98 Å². The fourth-order valence-electron chi connectivity index (χ4n) is 1.03. The smallest absolute Gasteiger partial charge is 0.221 e. The third kappa shape index (κ3) is 2.82. The first-order valence-electron chi connectivity index (χ1n) is 3.97. The molecule has 1 aromatic rings. The van der Waals surface area contributed by atoms with Crippen molar-refractivity contribution < 1.29 is 16.8 Å². The van der Waals surface area contributed by atoms with Crippen LogP contribution in [0.2, 0.25) is 10.0 Å². The van der Waals surface area contributed by atoms with E-state index < -0.39 is 45.2 Å². The molecule has 0 aliphatic rings. The predicted octanol–water partition coefficient (Wildman–Crippen LogP) is 0.489. The van der Waals surface area contributed by atoms with Gasteiger partial charge in [-0.05, 0) is 0 Å². The number of pyridine rings is 1. The van der Waals surface area contributed by atoms with Gasteiger partial charge in [0, 0.05) is 12.5 Å².